The molecular formula is C15H14N2O. The lowest BCUT2D eigenvalue weighted by Gasteiger charge is -2.23. The minimum Gasteiger partial charge on any atom is -0.369 e. The fourth-order valence-corrected chi connectivity index (χ4v) is 2.20. The van der Waals surface area contributed by atoms with Gasteiger partial charge in [0.25, 0.3) is 0 Å². The van der Waals surface area contributed by atoms with E-state index in [1.807, 2.05) is 29.1 Å². The Morgan fingerprint density at radius 2 is 2.00 bits per heavy atom. The summed E-state index contributed by atoms with van der Waals surface area (Å²) < 4.78 is 1.99. The Bertz CT molecular complexity index is 608. The Morgan fingerprint density at radius 3 is 2.72 bits per heavy atom. The van der Waals surface area contributed by atoms with E-state index in [1.54, 1.807) is 0 Å². The number of fused-ring (bicyclic) bond motifs is 1. The van der Waals surface area contributed by atoms with Gasteiger partial charge in [0.15, 0.2) is 0 Å². The second kappa shape index (κ2) is 4.18. The Morgan fingerprint density at radius 1 is 1.22 bits per heavy atom. The molecule has 1 aromatic heterocycles. The van der Waals surface area contributed by atoms with Gasteiger partial charge in [0.05, 0.1) is 11.4 Å². The van der Waals surface area contributed by atoms with Crippen molar-refractivity contribution in [1.29, 1.82) is 0 Å². The maximum Gasteiger partial charge on any atom is 0.148 e. The third kappa shape index (κ3) is 1.74. The smallest absolute Gasteiger partial charge is 0.148 e. The minimum atomic E-state index is -0.277. The monoisotopic (exact) mass is 238 g/mol. The maximum absolute atomic E-state index is 11.1. The van der Waals surface area contributed by atoms with Gasteiger partial charge in [0.1, 0.15) is 12.3 Å². The quantitative estimate of drug-likeness (QED) is 0.816. The molecule has 0 amide bonds. The van der Waals surface area contributed by atoms with Crippen molar-refractivity contribution in [3.8, 4) is 0 Å². The van der Waals surface area contributed by atoms with Gasteiger partial charge in [-0.25, -0.2) is 0 Å². The van der Waals surface area contributed by atoms with Crippen molar-refractivity contribution < 1.29 is 4.79 Å². The maximum atomic E-state index is 11.1. The molecule has 1 atom stereocenters. The van der Waals surface area contributed by atoms with Gasteiger partial charge in [-0.15, -0.1) is 0 Å². The first kappa shape index (κ1) is 10.8. The summed E-state index contributed by atoms with van der Waals surface area (Å²) in [6, 6.07) is 11.9. The number of nitrogens with one attached hydrogen (secondary N) is 1. The molecule has 1 N–H and O–H groups in total. The number of aldehydes is 1. The van der Waals surface area contributed by atoms with Crippen LogP contribution in [0.3, 0.4) is 0 Å². The van der Waals surface area contributed by atoms with E-state index in [9.17, 15) is 4.79 Å². The van der Waals surface area contributed by atoms with E-state index in [2.05, 4.69) is 36.5 Å². The van der Waals surface area contributed by atoms with Crippen LogP contribution in [-0.4, -0.2) is 10.9 Å². The third-order valence-corrected chi connectivity index (χ3v) is 3.21. The van der Waals surface area contributed by atoms with Crippen LogP contribution < -0.4 is 5.32 Å². The van der Waals surface area contributed by atoms with Crippen molar-refractivity contribution in [1.82, 2.24) is 9.88 Å². The molecule has 18 heavy (non-hydrogen) atoms. The van der Waals surface area contributed by atoms with Crippen LogP contribution in [0, 0.1) is 6.92 Å². The first-order chi connectivity index (χ1) is 8.78. The summed E-state index contributed by atoms with van der Waals surface area (Å²) in [5.41, 5.74) is 4.26. The van der Waals surface area contributed by atoms with E-state index in [1.165, 1.54) is 5.56 Å². The Kier molecular flexibility index (Phi) is 2.52. The Hall–Kier alpha value is -2.29. The SMILES string of the molecule is Cc1ccc(C2=Cn3cccc3C(C=O)N2)cc1. The molecule has 1 aliphatic heterocycles. The van der Waals surface area contributed by atoms with E-state index in [0.29, 0.717) is 0 Å². The molecule has 1 aliphatic rings. The molecule has 2 aromatic rings. The van der Waals surface area contributed by atoms with Crippen molar-refractivity contribution in [3.63, 3.8) is 0 Å². The number of carbonyl (C=O) groups is 1. The zero-order valence-electron chi connectivity index (χ0n) is 10.1. The molecule has 0 saturated carbocycles. The minimum absolute atomic E-state index is 0.277. The van der Waals surface area contributed by atoms with Crippen molar-refractivity contribution in [2.24, 2.45) is 0 Å². The van der Waals surface area contributed by atoms with Crippen molar-refractivity contribution >= 4 is 18.2 Å². The van der Waals surface area contributed by atoms with Crippen molar-refractivity contribution in [2.45, 2.75) is 13.0 Å². The van der Waals surface area contributed by atoms with Crippen LogP contribution >= 0.6 is 0 Å². The summed E-state index contributed by atoms with van der Waals surface area (Å²) in [7, 11) is 0. The molecule has 0 saturated heterocycles. The van der Waals surface area contributed by atoms with Crippen LogP contribution in [0.25, 0.3) is 11.9 Å². The highest BCUT2D eigenvalue weighted by molar-refractivity contribution is 5.80. The molecule has 0 aliphatic carbocycles. The lowest BCUT2D eigenvalue weighted by molar-refractivity contribution is -0.109. The number of aryl methyl sites for hydroxylation is 1. The van der Waals surface area contributed by atoms with Gasteiger partial charge in [-0.1, -0.05) is 29.8 Å². The van der Waals surface area contributed by atoms with Crippen LogP contribution in [0.5, 0.6) is 0 Å². The normalized spacial score (nSPS) is 17.6. The van der Waals surface area contributed by atoms with Gasteiger partial charge in [0, 0.05) is 12.4 Å². The summed E-state index contributed by atoms with van der Waals surface area (Å²) in [4.78, 5) is 11.1. The fraction of sp³-hybridized carbons (Fsp3) is 0.133. The van der Waals surface area contributed by atoms with E-state index < -0.39 is 0 Å². The predicted octanol–water partition coefficient (Wildman–Crippen LogP) is 2.60. The first-order valence-electron chi connectivity index (χ1n) is 5.95. The van der Waals surface area contributed by atoms with E-state index in [0.717, 1.165) is 23.2 Å². The highest BCUT2D eigenvalue weighted by Crippen LogP contribution is 2.25. The summed E-state index contributed by atoms with van der Waals surface area (Å²) in [5, 5.41) is 3.25. The van der Waals surface area contributed by atoms with Crippen LogP contribution in [0.1, 0.15) is 22.9 Å². The molecule has 90 valence electrons. The van der Waals surface area contributed by atoms with Crippen LogP contribution in [0.15, 0.2) is 42.6 Å². The zero-order valence-corrected chi connectivity index (χ0v) is 10.1. The molecule has 3 nitrogen and oxygen atoms in total. The highest BCUT2D eigenvalue weighted by atomic mass is 16.1. The van der Waals surface area contributed by atoms with Crippen molar-refractivity contribution in [3.05, 3.63) is 59.4 Å². The van der Waals surface area contributed by atoms with Crippen LogP contribution in [0.2, 0.25) is 0 Å². The summed E-state index contributed by atoms with van der Waals surface area (Å²) >= 11 is 0. The molecule has 2 heterocycles. The number of nitrogens with zero attached hydrogens (tertiary/aromatic N) is 1. The van der Waals surface area contributed by atoms with Gasteiger partial charge < -0.3 is 14.7 Å². The molecule has 0 radical (unpaired) electrons. The first-order valence-corrected chi connectivity index (χ1v) is 5.95. The second-order valence-corrected chi connectivity index (χ2v) is 4.51. The average Bonchev–Trinajstić information content (AvgIpc) is 2.86. The number of aromatic nitrogens is 1. The van der Waals surface area contributed by atoms with Gasteiger partial charge >= 0.3 is 0 Å². The molecule has 3 heteroatoms. The standard InChI is InChI=1S/C15H14N2O/c1-11-4-6-12(7-5-11)13-9-17-8-2-3-15(17)14(10-18)16-13/h2-10,14,16H,1H3. The predicted molar refractivity (Wildman–Crippen MR) is 71.7 cm³/mol. The second-order valence-electron chi connectivity index (χ2n) is 4.51. The molecule has 1 aromatic carbocycles. The van der Waals surface area contributed by atoms with Gasteiger partial charge in [-0.05, 0) is 24.6 Å². The summed E-state index contributed by atoms with van der Waals surface area (Å²) in [6.45, 7) is 2.06. The molecular weight excluding hydrogens is 224 g/mol. The average molecular weight is 238 g/mol. The number of benzene rings is 1. The lowest BCUT2D eigenvalue weighted by Crippen LogP contribution is -2.27. The summed E-state index contributed by atoms with van der Waals surface area (Å²) in [6.07, 6.45) is 4.91. The molecule has 0 bridgehead atoms. The fourth-order valence-electron chi connectivity index (χ4n) is 2.20. The van der Waals surface area contributed by atoms with Gasteiger partial charge in [0.2, 0.25) is 0 Å². The Balaban J connectivity index is 2.04. The van der Waals surface area contributed by atoms with E-state index in [-0.39, 0.29) is 6.04 Å². The number of hydrogen-bond acceptors (Lipinski definition) is 2. The topological polar surface area (TPSA) is 34.0 Å². The van der Waals surface area contributed by atoms with Crippen molar-refractivity contribution in [2.75, 3.05) is 0 Å². The van der Waals surface area contributed by atoms with Gasteiger partial charge in [-0.2, -0.15) is 0 Å². The van der Waals surface area contributed by atoms with Crippen LogP contribution in [0.4, 0.5) is 0 Å². The largest absolute Gasteiger partial charge is 0.369 e. The highest BCUT2D eigenvalue weighted by Gasteiger charge is 2.20. The van der Waals surface area contributed by atoms with E-state index in [4.69, 9.17) is 0 Å². The zero-order chi connectivity index (χ0) is 12.5. The van der Waals surface area contributed by atoms with E-state index >= 15 is 0 Å². The number of rotatable bonds is 2. The Labute approximate surface area is 106 Å². The number of hydrogen-bond donors (Lipinski definition) is 1. The molecule has 1 unspecified atom stereocenters. The molecule has 3 rings (SSSR count). The van der Waals surface area contributed by atoms with Gasteiger partial charge in [-0.3, -0.25) is 0 Å². The van der Waals surface area contributed by atoms with Crippen LogP contribution in [-0.2, 0) is 4.79 Å². The molecule has 0 spiro atoms. The lowest BCUT2D eigenvalue weighted by atomic mass is 10.1. The third-order valence-electron chi connectivity index (χ3n) is 3.21. The summed E-state index contributed by atoms with van der Waals surface area (Å²) in [5.74, 6) is 0. The number of carbonyl (C=O) groups excluding carboxylic acids is 1. The molecule has 0 fully saturated rings.